The smallest absolute Gasteiger partial charge is 0.237 e. The lowest BCUT2D eigenvalue weighted by Gasteiger charge is -2.24. The Hall–Kier alpha value is -0.980. The van der Waals surface area contributed by atoms with Gasteiger partial charge in [0, 0.05) is 24.6 Å². The Morgan fingerprint density at radius 1 is 1.70 bits per heavy atom. The first-order valence-electron chi connectivity index (χ1n) is 7.06. The molecule has 20 heavy (non-hydrogen) atoms. The summed E-state index contributed by atoms with van der Waals surface area (Å²) in [6, 6.07) is -0.155. The van der Waals surface area contributed by atoms with Gasteiger partial charge in [0.05, 0.1) is 23.4 Å². The number of amides is 1. The number of carbonyl (C=O) groups excluding carboxylic acids is 1. The molecule has 0 aromatic carbocycles. The van der Waals surface area contributed by atoms with Crippen LogP contribution in [0.3, 0.4) is 0 Å². The van der Waals surface area contributed by atoms with Crippen molar-refractivity contribution in [2.75, 3.05) is 20.2 Å². The lowest BCUT2D eigenvalue weighted by molar-refractivity contribution is -0.126. The molecule has 0 radical (unpaired) electrons. The molecule has 1 saturated heterocycles. The van der Waals surface area contributed by atoms with Gasteiger partial charge in [-0.3, -0.25) is 9.69 Å². The number of ether oxygens (including phenoxy) is 1. The van der Waals surface area contributed by atoms with E-state index in [1.165, 1.54) is 4.88 Å². The molecule has 1 N–H and O–H groups in total. The fraction of sp³-hybridized carbons (Fsp3) is 0.714. The molecule has 1 amide bonds. The van der Waals surface area contributed by atoms with Gasteiger partial charge >= 0.3 is 0 Å². The molecule has 0 aliphatic carbocycles. The van der Waals surface area contributed by atoms with Crippen LogP contribution in [-0.4, -0.2) is 48.1 Å². The van der Waals surface area contributed by atoms with Crippen LogP contribution in [0.25, 0.3) is 0 Å². The molecular weight excluding hydrogens is 274 g/mol. The Bertz CT molecular complexity index is 443. The summed E-state index contributed by atoms with van der Waals surface area (Å²) in [6.07, 6.45) is 2.34. The van der Waals surface area contributed by atoms with E-state index < -0.39 is 0 Å². The highest BCUT2D eigenvalue weighted by Crippen LogP contribution is 2.15. The van der Waals surface area contributed by atoms with Gasteiger partial charge in [0.2, 0.25) is 5.91 Å². The zero-order valence-corrected chi connectivity index (χ0v) is 13.2. The summed E-state index contributed by atoms with van der Waals surface area (Å²) in [5.41, 5.74) is 2.90. The summed E-state index contributed by atoms with van der Waals surface area (Å²) in [7, 11) is 1.97. The number of thiazole rings is 1. The summed E-state index contributed by atoms with van der Waals surface area (Å²) in [4.78, 5) is 19.6. The van der Waals surface area contributed by atoms with Gasteiger partial charge in [-0.05, 0) is 33.7 Å². The van der Waals surface area contributed by atoms with Crippen LogP contribution < -0.4 is 5.32 Å². The lowest BCUT2D eigenvalue weighted by atomic mass is 10.2. The minimum Gasteiger partial charge on any atom is -0.376 e. The number of aromatic nitrogens is 1. The van der Waals surface area contributed by atoms with E-state index in [0.29, 0.717) is 6.54 Å². The minimum absolute atomic E-state index is 0.0603. The molecule has 6 heteroatoms. The summed E-state index contributed by atoms with van der Waals surface area (Å²) >= 11 is 1.64. The van der Waals surface area contributed by atoms with Crippen LogP contribution in [-0.2, 0) is 16.1 Å². The standard InChI is InChI=1S/C14H23N3O2S/c1-10-13(20-9-16-10)8-17(3)11(2)14(18)15-7-12-5-4-6-19-12/h9,11-12H,4-8H2,1-3H3,(H,15,18)/t11-,12+/m1/s1. The topological polar surface area (TPSA) is 54.5 Å². The van der Waals surface area contributed by atoms with Crippen molar-refractivity contribution in [1.82, 2.24) is 15.2 Å². The Morgan fingerprint density at radius 2 is 2.50 bits per heavy atom. The van der Waals surface area contributed by atoms with E-state index >= 15 is 0 Å². The second-order valence-electron chi connectivity index (χ2n) is 5.33. The molecule has 2 rings (SSSR count). The molecule has 1 aromatic heterocycles. The second-order valence-corrected chi connectivity index (χ2v) is 6.27. The van der Waals surface area contributed by atoms with Crippen LogP contribution in [0.5, 0.6) is 0 Å². The highest BCUT2D eigenvalue weighted by atomic mass is 32.1. The third-order valence-electron chi connectivity index (χ3n) is 3.81. The molecule has 0 unspecified atom stereocenters. The summed E-state index contributed by atoms with van der Waals surface area (Å²) in [6.45, 7) is 6.13. The number of hydrogen-bond acceptors (Lipinski definition) is 5. The van der Waals surface area contributed by atoms with E-state index in [1.807, 2.05) is 31.3 Å². The summed E-state index contributed by atoms with van der Waals surface area (Å²) in [5.74, 6) is 0.0603. The van der Waals surface area contributed by atoms with E-state index in [1.54, 1.807) is 11.3 Å². The zero-order chi connectivity index (χ0) is 14.5. The van der Waals surface area contributed by atoms with E-state index in [-0.39, 0.29) is 18.1 Å². The summed E-state index contributed by atoms with van der Waals surface area (Å²) < 4.78 is 5.51. The Labute approximate surface area is 124 Å². The van der Waals surface area contributed by atoms with Crippen molar-refractivity contribution in [3.63, 3.8) is 0 Å². The molecule has 1 aliphatic rings. The van der Waals surface area contributed by atoms with Gasteiger partial charge in [0.25, 0.3) is 0 Å². The van der Waals surface area contributed by atoms with Crippen molar-refractivity contribution < 1.29 is 9.53 Å². The molecule has 112 valence electrons. The summed E-state index contributed by atoms with van der Waals surface area (Å²) in [5, 5.41) is 2.98. The Balaban J connectivity index is 1.78. The largest absolute Gasteiger partial charge is 0.376 e. The Morgan fingerprint density at radius 3 is 3.10 bits per heavy atom. The lowest BCUT2D eigenvalue weighted by Crippen LogP contribution is -2.45. The van der Waals surface area contributed by atoms with Gasteiger partial charge in [-0.25, -0.2) is 4.98 Å². The van der Waals surface area contributed by atoms with Crippen molar-refractivity contribution >= 4 is 17.2 Å². The van der Waals surface area contributed by atoms with Crippen molar-refractivity contribution in [1.29, 1.82) is 0 Å². The maximum absolute atomic E-state index is 12.1. The van der Waals surface area contributed by atoms with Gasteiger partial charge < -0.3 is 10.1 Å². The number of nitrogens with zero attached hydrogens (tertiary/aromatic N) is 2. The van der Waals surface area contributed by atoms with Gasteiger partial charge in [-0.1, -0.05) is 0 Å². The predicted molar refractivity (Wildman–Crippen MR) is 79.8 cm³/mol. The second kappa shape index (κ2) is 7.15. The normalized spacial score (nSPS) is 20.3. The monoisotopic (exact) mass is 297 g/mol. The highest BCUT2D eigenvalue weighted by Gasteiger charge is 2.21. The van der Waals surface area contributed by atoms with Crippen molar-refractivity contribution in [2.45, 2.75) is 45.4 Å². The molecule has 1 aromatic rings. The molecule has 0 bridgehead atoms. The average Bonchev–Trinajstić information content (AvgIpc) is 3.07. The molecule has 0 saturated carbocycles. The fourth-order valence-electron chi connectivity index (χ4n) is 2.21. The van der Waals surface area contributed by atoms with Gasteiger partial charge in [-0.15, -0.1) is 11.3 Å². The van der Waals surface area contributed by atoms with Crippen molar-refractivity contribution in [2.24, 2.45) is 0 Å². The maximum Gasteiger partial charge on any atom is 0.237 e. The van der Waals surface area contributed by atoms with Crippen LogP contribution in [0.2, 0.25) is 0 Å². The van der Waals surface area contributed by atoms with Crippen molar-refractivity contribution in [3.8, 4) is 0 Å². The number of hydrogen-bond donors (Lipinski definition) is 1. The minimum atomic E-state index is -0.155. The quantitative estimate of drug-likeness (QED) is 0.866. The van der Waals surface area contributed by atoms with Crippen LogP contribution in [0.15, 0.2) is 5.51 Å². The molecule has 2 heterocycles. The molecular formula is C14H23N3O2S. The third-order valence-corrected chi connectivity index (χ3v) is 4.73. The molecule has 0 spiro atoms. The van der Waals surface area contributed by atoms with Crippen molar-refractivity contribution in [3.05, 3.63) is 16.1 Å². The van der Waals surface area contributed by atoms with Crippen LogP contribution in [0.1, 0.15) is 30.3 Å². The average molecular weight is 297 g/mol. The molecule has 2 atom stereocenters. The zero-order valence-electron chi connectivity index (χ0n) is 12.4. The molecule has 1 aliphatic heterocycles. The molecule has 1 fully saturated rings. The molecule has 5 nitrogen and oxygen atoms in total. The number of aryl methyl sites for hydroxylation is 1. The third kappa shape index (κ3) is 4.01. The van der Waals surface area contributed by atoms with E-state index in [2.05, 4.69) is 10.3 Å². The Kier molecular flexibility index (Phi) is 5.51. The first-order valence-corrected chi connectivity index (χ1v) is 7.94. The first kappa shape index (κ1) is 15.4. The van der Waals surface area contributed by atoms with Gasteiger partial charge in [-0.2, -0.15) is 0 Å². The first-order chi connectivity index (χ1) is 9.58. The number of nitrogens with one attached hydrogen (secondary N) is 1. The number of carbonyl (C=O) groups is 1. The highest BCUT2D eigenvalue weighted by molar-refractivity contribution is 7.09. The number of rotatable bonds is 6. The number of likely N-dealkylation sites (N-methyl/N-ethyl adjacent to an activating group) is 1. The predicted octanol–water partition coefficient (Wildman–Crippen LogP) is 1.57. The maximum atomic E-state index is 12.1. The van der Waals surface area contributed by atoms with E-state index in [9.17, 15) is 4.79 Å². The van der Waals surface area contributed by atoms with Crippen LogP contribution in [0, 0.1) is 6.92 Å². The van der Waals surface area contributed by atoms with Gasteiger partial charge in [0.15, 0.2) is 0 Å². The van der Waals surface area contributed by atoms with E-state index in [0.717, 1.165) is 31.7 Å². The van der Waals surface area contributed by atoms with Gasteiger partial charge in [0.1, 0.15) is 0 Å². The fourth-order valence-corrected chi connectivity index (χ4v) is 3.05. The SMILES string of the molecule is Cc1ncsc1CN(C)[C@H](C)C(=O)NC[C@@H]1CCCO1. The van der Waals surface area contributed by atoms with Crippen LogP contribution >= 0.6 is 11.3 Å². The van der Waals surface area contributed by atoms with Crippen LogP contribution in [0.4, 0.5) is 0 Å². The van der Waals surface area contributed by atoms with E-state index in [4.69, 9.17) is 4.74 Å².